The minimum absolute atomic E-state index is 0. The predicted octanol–water partition coefficient (Wildman–Crippen LogP) is 4.73. The van der Waals surface area contributed by atoms with Crippen LogP contribution >= 0.6 is 0 Å². The highest BCUT2D eigenvalue weighted by Crippen LogP contribution is 2.50. The topological polar surface area (TPSA) is 58.5 Å². The van der Waals surface area contributed by atoms with Crippen LogP contribution in [-0.2, 0) is 18.8 Å². The van der Waals surface area contributed by atoms with E-state index in [0.717, 1.165) is 55.2 Å². The Morgan fingerprint density at radius 2 is 1.84 bits per heavy atom. The molecule has 5 heteroatoms. The van der Waals surface area contributed by atoms with Gasteiger partial charge >= 0.3 is 0 Å². The first-order chi connectivity index (χ1) is 15.1. The molecule has 3 heterocycles. The molecule has 2 fully saturated rings. The van der Waals surface area contributed by atoms with Gasteiger partial charge in [0, 0.05) is 37.9 Å². The molecular weight excluding hydrogens is 398 g/mol. The molecule has 1 saturated heterocycles. The van der Waals surface area contributed by atoms with Gasteiger partial charge in [-0.05, 0) is 67.1 Å². The highest BCUT2D eigenvalue weighted by atomic mass is 16.5. The SMILES string of the molecule is C.Cc1cccnc1[C@@]1(O)CCC2CN(Cc3ccc(OCc4ccccn4)cc3)C[C@@H]21. The molecule has 2 aromatic heterocycles. The van der Waals surface area contributed by atoms with E-state index in [1.165, 1.54) is 5.56 Å². The molecule has 1 unspecified atom stereocenters. The summed E-state index contributed by atoms with van der Waals surface area (Å²) in [6.07, 6.45) is 5.46. The van der Waals surface area contributed by atoms with Gasteiger partial charge in [-0.2, -0.15) is 0 Å². The Morgan fingerprint density at radius 1 is 1.03 bits per heavy atom. The van der Waals surface area contributed by atoms with E-state index >= 15 is 0 Å². The lowest BCUT2D eigenvalue weighted by Crippen LogP contribution is -2.36. The van der Waals surface area contributed by atoms with Gasteiger partial charge in [-0.25, -0.2) is 0 Å². The summed E-state index contributed by atoms with van der Waals surface area (Å²) < 4.78 is 5.85. The normalized spacial score (nSPS) is 24.7. The van der Waals surface area contributed by atoms with Gasteiger partial charge in [0.15, 0.2) is 0 Å². The molecule has 32 heavy (non-hydrogen) atoms. The first-order valence-corrected chi connectivity index (χ1v) is 11.1. The summed E-state index contributed by atoms with van der Waals surface area (Å²) in [5, 5.41) is 11.6. The van der Waals surface area contributed by atoms with E-state index in [0.29, 0.717) is 12.5 Å². The Kier molecular flexibility index (Phi) is 6.58. The second kappa shape index (κ2) is 9.39. The number of fused-ring (bicyclic) bond motifs is 1. The summed E-state index contributed by atoms with van der Waals surface area (Å²) in [4.78, 5) is 11.3. The van der Waals surface area contributed by atoms with Gasteiger partial charge in [0.1, 0.15) is 18.0 Å². The highest BCUT2D eigenvalue weighted by Gasteiger charge is 2.53. The van der Waals surface area contributed by atoms with Gasteiger partial charge in [0.2, 0.25) is 0 Å². The fourth-order valence-electron chi connectivity index (χ4n) is 5.34. The van der Waals surface area contributed by atoms with Crippen LogP contribution in [0.1, 0.15) is 42.8 Å². The fraction of sp³-hybridized carbons (Fsp3) is 0.407. The maximum Gasteiger partial charge on any atom is 0.130 e. The molecule has 0 amide bonds. The number of rotatable bonds is 6. The molecule has 3 atom stereocenters. The van der Waals surface area contributed by atoms with Crippen molar-refractivity contribution in [1.29, 1.82) is 0 Å². The van der Waals surface area contributed by atoms with Crippen LogP contribution in [0.25, 0.3) is 0 Å². The average Bonchev–Trinajstić information content (AvgIpc) is 3.34. The zero-order valence-corrected chi connectivity index (χ0v) is 17.9. The standard InChI is InChI=1S/C26H29N3O2.CH4/c1-19-5-4-14-28-25(19)26(30)12-11-21-16-29(17-24(21)26)15-20-7-9-23(10-8-20)31-18-22-6-2-3-13-27-22;/h2-10,13-14,21,24,30H,11-12,15-18H2,1H3;1H4/t21?,24-,26+;/m0./s1. The zero-order chi connectivity index (χ0) is 21.3. The van der Waals surface area contributed by atoms with E-state index in [1.807, 2.05) is 36.4 Å². The molecule has 5 rings (SSSR count). The number of hydrogen-bond acceptors (Lipinski definition) is 5. The lowest BCUT2D eigenvalue weighted by atomic mass is 9.83. The molecule has 5 nitrogen and oxygen atoms in total. The summed E-state index contributed by atoms with van der Waals surface area (Å²) in [7, 11) is 0. The van der Waals surface area contributed by atoms with E-state index in [2.05, 4.69) is 40.0 Å². The Morgan fingerprint density at radius 3 is 2.59 bits per heavy atom. The Hall–Kier alpha value is -2.76. The second-order valence-electron chi connectivity index (χ2n) is 8.95. The lowest BCUT2D eigenvalue weighted by molar-refractivity contribution is -0.0114. The molecule has 0 radical (unpaired) electrons. The van der Waals surface area contributed by atoms with Crippen molar-refractivity contribution in [3.63, 3.8) is 0 Å². The van der Waals surface area contributed by atoms with E-state index < -0.39 is 5.60 Å². The number of aryl methyl sites for hydroxylation is 1. The maximum atomic E-state index is 11.6. The second-order valence-corrected chi connectivity index (χ2v) is 8.95. The monoisotopic (exact) mass is 431 g/mol. The predicted molar refractivity (Wildman–Crippen MR) is 126 cm³/mol. The molecule has 2 aliphatic rings. The number of benzene rings is 1. The summed E-state index contributed by atoms with van der Waals surface area (Å²) in [5.41, 5.74) is 3.35. The largest absolute Gasteiger partial charge is 0.487 e. The Bertz CT molecular complexity index is 1020. The van der Waals surface area contributed by atoms with Crippen LogP contribution in [0.2, 0.25) is 0 Å². The van der Waals surface area contributed by atoms with Crippen LogP contribution in [0.4, 0.5) is 0 Å². The van der Waals surface area contributed by atoms with Gasteiger partial charge in [-0.15, -0.1) is 0 Å². The van der Waals surface area contributed by atoms with E-state index in [4.69, 9.17) is 4.74 Å². The van der Waals surface area contributed by atoms with Crippen LogP contribution < -0.4 is 4.74 Å². The van der Waals surface area contributed by atoms with E-state index in [-0.39, 0.29) is 13.3 Å². The summed E-state index contributed by atoms with van der Waals surface area (Å²) >= 11 is 0. The molecule has 1 N–H and O–H groups in total. The van der Waals surface area contributed by atoms with E-state index in [1.54, 1.807) is 12.4 Å². The minimum atomic E-state index is -0.798. The van der Waals surface area contributed by atoms with Gasteiger partial charge in [0.25, 0.3) is 0 Å². The molecule has 1 aliphatic carbocycles. The maximum absolute atomic E-state index is 11.6. The van der Waals surface area contributed by atoms with Crippen molar-refractivity contribution in [1.82, 2.24) is 14.9 Å². The van der Waals surface area contributed by atoms with Crippen LogP contribution in [-0.4, -0.2) is 33.1 Å². The van der Waals surface area contributed by atoms with Crippen LogP contribution in [0.5, 0.6) is 5.75 Å². The van der Waals surface area contributed by atoms with E-state index in [9.17, 15) is 5.11 Å². The summed E-state index contributed by atoms with van der Waals surface area (Å²) in [6, 6.07) is 18.2. The number of hydrogen-bond donors (Lipinski definition) is 1. The average molecular weight is 432 g/mol. The Labute approximate surface area is 191 Å². The van der Waals surface area contributed by atoms with Crippen molar-refractivity contribution in [2.24, 2.45) is 11.8 Å². The molecule has 1 aliphatic heterocycles. The quantitative estimate of drug-likeness (QED) is 0.611. The third-order valence-corrected chi connectivity index (χ3v) is 6.89. The van der Waals surface area contributed by atoms with Crippen LogP contribution in [0.3, 0.4) is 0 Å². The summed E-state index contributed by atoms with van der Waals surface area (Å²) in [6.45, 7) is 5.37. The number of aromatic nitrogens is 2. The highest BCUT2D eigenvalue weighted by molar-refractivity contribution is 5.29. The lowest BCUT2D eigenvalue weighted by Gasteiger charge is -2.31. The number of likely N-dealkylation sites (tertiary alicyclic amines) is 1. The Balaban J connectivity index is 0.00000245. The first-order valence-electron chi connectivity index (χ1n) is 11.1. The van der Waals surface area contributed by atoms with Crippen molar-refractivity contribution in [2.45, 2.75) is 45.9 Å². The van der Waals surface area contributed by atoms with Crippen molar-refractivity contribution in [3.05, 3.63) is 89.5 Å². The van der Waals surface area contributed by atoms with Gasteiger partial charge < -0.3 is 9.84 Å². The molecule has 168 valence electrons. The molecule has 1 aromatic carbocycles. The molecule has 0 bridgehead atoms. The molecular formula is C27H33N3O2. The molecule has 3 aromatic rings. The minimum Gasteiger partial charge on any atom is -0.487 e. The van der Waals surface area contributed by atoms with Crippen LogP contribution in [0.15, 0.2) is 67.0 Å². The zero-order valence-electron chi connectivity index (χ0n) is 17.9. The fourth-order valence-corrected chi connectivity index (χ4v) is 5.34. The first kappa shape index (κ1) is 22.4. The third-order valence-electron chi connectivity index (χ3n) is 6.89. The van der Waals surface area contributed by atoms with Gasteiger partial charge in [-0.1, -0.05) is 31.7 Å². The van der Waals surface area contributed by atoms with Crippen LogP contribution in [0, 0.1) is 18.8 Å². The number of pyridine rings is 2. The van der Waals surface area contributed by atoms with Gasteiger partial charge in [-0.3, -0.25) is 14.9 Å². The number of nitrogens with zero attached hydrogens (tertiary/aromatic N) is 3. The third kappa shape index (κ3) is 4.41. The number of ether oxygens (including phenoxy) is 1. The van der Waals surface area contributed by atoms with Gasteiger partial charge in [0.05, 0.1) is 11.4 Å². The summed E-state index contributed by atoms with van der Waals surface area (Å²) in [5.74, 6) is 1.64. The smallest absolute Gasteiger partial charge is 0.130 e. The van der Waals surface area contributed by atoms with Crippen molar-refractivity contribution < 1.29 is 9.84 Å². The molecule has 0 spiro atoms. The molecule has 1 saturated carbocycles. The van der Waals surface area contributed by atoms with Crippen molar-refractivity contribution >= 4 is 0 Å². The number of aliphatic hydroxyl groups is 1. The van der Waals surface area contributed by atoms with Crippen molar-refractivity contribution in [2.75, 3.05) is 13.1 Å². The van der Waals surface area contributed by atoms with Crippen molar-refractivity contribution in [3.8, 4) is 5.75 Å².